The molecule has 0 atom stereocenters. The number of hydrogen-bond acceptors (Lipinski definition) is 5. The van der Waals surface area contributed by atoms with Gasteiger partial charge in [0.1, 0.15) is 17.3 Å². The Balaban J connectivity index is 1.78. The lowest BCUT2D eigenvalue weighted by Gasteiger charge is -2.07. The van der Waals surface area contributed by atoms with Crippen LogP contribution in [0.5, 0.6) is 0 Å². The van der Waals surface area contributed by atoms with Crippen molar-refractivity contribution in [3.63, 3.8) is 0 Å². The van der Waals surface area contributed by atoms with Gasteiger partial charge in [-0.2, -0.15) is 0 Å². The number of hydrogen-bond donors (Lipinski definition) is 3. The van der Waals surface area contributed by atoms with Gasteiger partial charge in [0.25, 0.3) is 15.9 Å². The summed E-state index contributed by atoms with van der Waals surface area (Å²) in [7, 11) is -3.09. The molecule has 1 heterocycles. The molecule has 0 aliphatic carbocycles. The van der Waals surface area contributed by atoms with Crippen LogP contribution in [0.3, 0.4) is 0 Å². The molecule has 0 spiro atoms. The number of methoxy groups -OCH3 is 1. The smallest absolute Gasteiger partial charge is 0.420 e. The number of aromatic nitrogens is 1. The lowest BCUT2D eigenvalue weighted by atomic mass is 10.2. The Bertz CT molecular complexity index is 1170. The Labute approximate surface area is 157 Å². The highest BCUT2D eigenvalue weighted by Gasteiger charge is 2.18. The fourth-order valence-corrected chi connectivity index (χ4v) is 3.32. The van der Waals surface area contributed by atoms with Crippen molar-refractivity contribution in [1.29, 1.82) is 0 Å². The first-order valence-corrected chi connectivity index (χ1v) is 9.18. The van der Waals surface area contributed by atoms with Crippen LogP contribution in [0.4, 0.5) is 19.3 Å². The minimum Gasteiger partial charge on any atom is -0.452 e. The molecule has 1 aromatic heterocycles. The van der Waals surface area contributed by atoms with Crippen molar-refractivity contribution in [2.45, 2.75) is 4.90 Å². The van der Waals surface area contributed by atoms with Gasteiger partial charge in [-0.15, -0.1) is 0 Å². The number of sulfonamides is 1. The molecule has 0 fully saturated rings. The van der Waals surface area contributed by atoms with Crippen LogP contribution in [0.15, 0.2) is 47.4 Å². The molecule has 11 heteroatoms. The van der Waals surface area contributed by atoms with E-state index in [2.05, 4.69) is 15.0 Å². The number of anilines is 1. The Hall–Kier alpha value is -3.47. The van der Waals surface area contributed by atoms with Crippen molar-refractivity contribution in [3.05, 3.63) is 59.8 Å². The molecule has 2 aromatic carbocycles. The highest BCUT2D eigenvalue weighted by atomic mass is 32.2. The third-order valence-electron chi connectivity index (χ3n) is 3.72. The second kappa shape index (κ2) is 7.27. The number of carbonyl (C=O) groups is 2. The number of benzene rings is 2. The average Bonchev–Trinajstić information content (AvgIpc) is 3.06. The molecule has 0 saturated heterocycles. The second-order valence-electron chi connectivity index (χ2n) is 5.61. The van der Waals surface area contributed by atoms with E-state index < -0.39 is 33.7 Å². The van der Waals surface area contributed by atoms with Crippen LogP contribution >= 0.6 is 0 Å². The largest absolute Gasteiger partial charge is 0.452 e. The Kier molecular flexibility index (Phi) is 5.01. The van der Waals surface area contributed by atoms with Gasteiger partial charge in [-0.1, -0.05) is 0 Å². The minimum absolute atomic E-state index is 0.0106. The Morgan fingerprint density at radius 3 is 2.39 bits per heavy atom. The fraction of sp³-hybridized carbons (Fsp3) is 0.0588. The van der Waals surface area contributed by atoms with Crippen LogP contribution in [0.1, 0.15) is 10.5 Å². The van der Waals surface area contributed by atoms with Crippen LogP contribution in [-0.4, -0.2) is 32.5 Å². The molecule has 28 heavy (non-hydrogen) atoms. The van der Waals surface area contributed by atoms with Crippen molar-refractivity contribution in [1.82, 2.24) is 9.71 Å². The van der Waals surface area contributed by atoms with Gasteiger partial charge in [-0.3, -0.25) is 4.79 Å². The first-order valence-electron chi connectivity index (χ1n) is 7.69. The first-order chi connectivity index (χ1) is 13.2. The van der Waals surface area contributed by atoms with E-state index in [0.29, 0.717) is 6.07 Å². The van der Waals surface area contributed by atoms with Gasteiger partial charge in [0.05, 0.1) is 17.5 Å². The molecule has 0 aliphatic rings. The molecular weight excluding hydrogens is 396 g/mol. The number of nitrogens with one attached hydrogen (secondary N) is 3. The fourth-order valence-electron chi connectivity index (χ4n) is 2.41. The molecule has 0 radical (unpaired) electrons. The van der Waals surface area contributed by atoms with Crippen molar-refractivity contribution < 1.29 is 31.5 Å². The maximum Gasteiger partial charge on any atom is 0.420 e. The summed E-state index contributed by atoms with van der Waals surface area (Å²) in [4.78, 5) is 25.8. The van der Waals surface area contributed by atoms with E-state index in [1.807, 2.05) is 0 Å². The summed E-state index contributed by atoms with van der Waals surface area (Å²) in [6, 6.07) is 7.93. The molecular formula is C17H13F2N3O5S. The molecule has 0 bridgehead atoms. The van der Waals surface area contributed by atoms with Gasteiger partial charge in [-0.25, -0.2) is 26.7 Å². The SMILES string of the molecule is COC(=O)NS(=O)(=O)c1ccc(NC(=O)c2cc3c(F)cc(F)cc3[nH]2)cc1. The standard InChI is InChI=1S/C17H13F2N3O5S/c1-27-17(24)22-28(25,26)11-4-2-10(3-5-11)20-16(23)15-8-12-13(19)6-9(18)7-14(12)21-15/h2-8,21H,1H3,(H,20,23)(H,22,24). The van der Waals surface area contributed by atoms with E-state index in [-0.39, 0.29) is 27.2 Å². The molecule has 8 nitrogen and oxygen atoms in total. The lowest BCUT2D eigenvalue weighted by molar-refractivity contribution is 0.102. The number of amides is 2. The predicted molar refractivity (Wildman–Crippen MR) is 95.3 cm³/mol. The Morgan fingerprint density at radius 2 is 1.75 bits per heavy atom. The maximum absolute atomic E-state index is 13.7. The maximum atomic E-state index is 13.7. The third kappa shape index (κ3) is 3.93. The molecule has 0 unspecified atom stereocenters. The van der Waals surface area contributed by atoms with Crippen molar-refractivity contribution in [2.75, 3.05) is 12.4 Å². The van der Waals surface area contributed by atoms with Gasteiger partial charge >= 0.3 is 6.09 Å². The summed E-state index contributed by atoms with van der Waals surface area (Å²) in [6.07, 6.45) is -1.14. The van der Waals surface area contributed by atoms with Gasteiger partial charge in [0, 0.05) is 17.1 Å². The summed E-state index contributed by atoms with van der Waals surface area (Å²) in [5.74, 6) is -2.23. The highest BCUT2D eigenvalue weighted by Crippen LogP contribution is 2.21. The Morgan fingerprint density at radius 1 is 1.07 bits per heavy atom. The van der Waals surface area contributed by atoms with Crippen LogP contribution in [0.25, 0.3) is 10.9 Å². The average molecular weight is 409 g/mol. The molecule has 146 valence electrons. The monoisotopic (exact) mass is 409 g/mol. The number of ether oxygens (including phenoxy) is 1. The minimum atomic E-state index is -4.12. The van der Waals surface area contributed by atoms with E-state index >= 15 is 0 Å². The zero-order chi connectivity index (χ0) is 20.5. The number of fused-ring (bicyclic) bond motifs is 1. The second-order valence-corrected chi connectivity index (χ2v) is 7.29. The summed E-state index contributed by atoms with van der Waals surface area (Å²) in [5, 5.41) is 2.55. The summed E-state index contributed by atoms with van der Waals surface area (Å²) in [5.41, 5.74) is 0.355. The topological polar surface area (TPSA) is 117 Å². The van der Waals surface area contributed by atoms with E-state index in [1.165, 1.54) is 30.3 Å². The van der Waals surface area contributed by atoms with E-state index in [0.717, 1.165) is 13.2 Å². The highest BCUT2D eigenvalue weighted by molar-refractivity contribution is 7.90. The van der Waals surface area contributed by atoms with E-state index in [9.17, 15) is 26.8 Å². The van der Waals surface area contributed by atoms with Crippen LogP contribution in [0, 0.1) is 11.6 Å². The third-order valence-corrected chi connectivity index (χ3v) is 5.05. The van der Waals surface area contributed by atoms with Gasteiger partial charge in [-0.05, 0) is 36.4 Å². The quantitative estimate of drug-likeness (QED) is 0.613. The predicted octanol–water partition coefficient (Wildman–Crippen LogP) is 2.74. The van der Waals surface area contributed by atoms with E-state index in [4.69, 9.17) is 0 Å². The molecule has 0 saturated carbocycles. The number of rotatable bonds is 4. The van der Waals surface area contributed by atoms with Gasteiger partial charge < -0.3 is 15.0 Å². The normalized spacial score (nSPS) is 11.2. The summed E-state index contributed by atoms with van der Waals surface area (Å²) in [6.45, 7) is 0. The van der Waals surface area contributed by atoms with Crippen molar-refractivity contribution in [3.8, 4) is 0 Å². The van der Waals surface area contributed by atoms with Crippen LogP contribution in [0.2, 0.25) is 0 Å². The van der Waals surface area contributed by atoms with Crippen molar-refractivity contribution in [2.24, 2.45) is 0 Å². The number of halogens is 2. The van der Waals surface area contributed by atoms with Gasteiger partial charge in [0.2, 0.25) is 0 Å². The first kappa shape index (κ1) is 19.3. The van der Waals surface area contributed by atoms with Crippen LogP contribution in [-0.2, 0) is 14.8 Å². The molecule has 3 aromatic rings. The molecule has 3 N–H and O–H groups in total. The van der Waals surface area contributed by atoms with Crippen LogP contribution < -0.4 is 10.0 Å². The molecule has 0 aliphatic heterocycles. The van der Waals surface area contributed by atoms with Crippen molar-refractivity contribution >= 4 is 38.6 Å². The lowest BCUT2D eigenvalue weighted by Crippen LogP contribution is -2.30. The summed E-state index contributed by atoms with van der Waals surface area (Å²) >= 11 is 0. The number of carbonyl (C=O) groups excluding carboxylic acids is 2. The molecule has 2 amide bonds. The van der Waals surface area contributed by atoms with E-state index in [1.54, 1.807) is 4.72 Å². The van der Waals surface area contributed by atoms with Gasteiger partial charge in [0.15, 0.2) is 0 Å². The zero-order valence-corrected chi connectivity index (χ0v) is 15.1. The number of H-pyrrole nitrogens is 1. The number of aromatic amines is 1. The molecule has 3 rings (SSSR count). The zero-order valence-electron chi connectivity index (χ0n) is 14.2. The summed E-state index contributed by atoms with van der Waals surface area (Å²) < 4.78 is 56.8.